The minimum Gasteiger partial charge on any atom is -0.398 e. The lowest BCUT2D eigenvalue weighted by Crippen LogP contribution is -2.26. The number of benzene rings is 1. The minimum absolute atomic E-state index is 0.0561. The number of aryl methyl sites for hydroxylation is 1. The fourth-order valence-electron chi connectivity index (χ4n) is 1.90. The van der Waals surface area contributed by atoms with Crippen molar-refractivity contribution in [3.8, 4) is 0 Å². The maximum Gasteiger partial charge on any atom is 0.255 e. The van der Waals surface area contributed by atoms with Crippen molar-refractivity contribution < 1.29 is 4.79 Å². The first-order chi connectivity index (χ1) is 9.08. The molecule has 0 aliphatic carbocycles. The fourth-order valence-corrected chi connectivity index (χ4v) is 1.90. The van der Waals surface area contributed by atoms with Crippen molar-refractivity contribution in [1.82, 2.24) is 9.88 Å². The van der Waals surface area contributed by atoms with Crippen LogP contribution in [-0.2, 0) is 6.54 Å². The Kier molecular flexibility index (Phi) is 3.80. The molecule has 0 aliphatic heterocycles. The Bertz CT molecular complexity index is 595. The number of carbonyl (C=O) groups excluding carboxylic acids is 1. The number of para-hydroxylation sites is 1. The molecule has 4 nitrogen and oxygen atoms in total. The predicted molar refractivity (Wildman–Crippen MR) is 75.6 cm³/mol. The molecule has 0 aliphatic rings. The molecular weight excluding hydrogens is 238 g/mol. The van der Waals surface area contributed by atoms with E-state index < -0.39 is 0 Å². The number of nitrogen functional groups attached to an aromatic ring is 1. The van der Waals surface area contributed by atoms with Gasteiger partial charge in [0.1, 0.15) is 0 Å². The zero-order valence-electron chi connectivity index (χ0n) is 11.1. The Balaban J connectivity index is 2.14. The van der Waals surface area contributed by atoms with Crippen LogP contribution in [0.4, 0.5) is 5.69 Å². The van der Waals surface area contributed by atoms with Gasteiger partial charge in [0.15, 0.2) is 0 Å². The molecule has 1 aromatic carbocycles. The topological polar surface area (TPSA) is 59.2 Å². The summed E-state index contributed by atoms with van der Waals surface area (Å²) >= 11 is 0. The summed E-state index contributed by atoms with van der Waals surface area (Å²) in [5.74, 6) is -0.0561. The number of nitrogens with zero attached hydrogens (tertiary/aromatic N) is 2. The Morgan fingerprint density at radius 3 is 2.74 bits per heavy atom. The summed E-state index contributed by atoms with van der Waals surface area (Å²) in [5.41, 5.74) is 9.09. The highest BCUT2D eigenvalue weighted by Crippen LogP contribution is 2.14. The highest BCUT2D eigenvalue weighted by molar-refractivity contribution is 5.93. The lowest BCUT2D eigenvalue weighted by Gasteiger charge is -2.18. The van der Waals surface area contributed by atoms with Crippen LogP contribution in [0, 0.1) is 6.92 Å². The first kappa shape index (κ1) is 13.1. The van der Waals surface area contributed by atoms with Crippen LogP contribution >= 0.6 is 0 Å². The van der Waals surface area contributed by atoms with Gasteiger partial charge in [-0.25, -0.2) is 0 Å². The second-order valence-corrected chi connectivity index (χ2v) is 4.61. The van der Waals surface area contributed by atoms with Gasteiger partial charge in [0.2, 0.25) is 0 Å². The summed E-state index contributed by atoms with van der Waals surface area (Å²) in [6.45, 7) is 2.40. The molecule has 0 unspecified atom stereocenters. The van der Waals surface area contributed by atoms with Crippen molar-refractivity contribution >= 4 is 11.6 Å². The molecule has 1 heterocycles. The van der Waals surface area contributed by atoms with E-state index in [0.29, 0.717) is 17.8 Å². The van der Waals surface area contributed by atoms with Crippen LogP contribution in [0.2, 0.25) is 0 Å². The van der Waals surface area contributed by atoms with Crippen LogP contribution in [0.1, 0.15) is 21.5 Å². The second kappa shape index (κ2) is 5.52. The number of aromatic nitrogens is 1. The third-order valence-electron chi connectivity index (χ3n) is 2.93. The largest absolute Gasteiger partial charge is 0.398 e. The van der Waals surface area contributed by atoms with Gasteiger partial charge in [-0.3, -0.25) is 9.78 Å². The summed E-state index contributed by atoms with van der Waals surface area (Å²) in [7, 11) is 1.76. The molecule has 4 heteroatoms. The molecule has 98 valence electrons. The third-order valence-corrected chi connectivity index (χ3v) is 2.93. The van der Waals surface area contributed by atoms with Crippen LogP contribution in [0.25, 0.3) is 0 Å². The zero-order valence-corrected chi connectivity index (χ0v) is 11.1. The van der Waals surface area contributed by atoms with Crippen molar-refractivity contribution in [1.29, 1.82) is 0 Å². The van der Waals surface area contributed by atoms with E-state index in [2.05, 4.69) is 4.98 Å². The van der Waals surface area contributed by atoms with E-state index in [0.717, 1.165) is 11.1 Å². The van der Waals surface area contributed by atoms with E-state index in [9.17, 15) is 4.79 Å². The van der Waals surface area contributed by atoms with Crippen LogP contribution in [0.5, 0.6) is 0 Å². The van der Waals surface area contributed by atoms with Gasteiger partial charge in [0, 0.05) is 31.7 Å². The highest BCUT2D eigenvalue weighted by atomic mass is 16.2. The lowest BCUT2D eigenvalue weighted by atomic mass is 10.1. The van der Waals surface area contributed by atoms with Crippen molar-refractivity contribution in [3.63, 3.8) is 0 Å². The molecular formula is C15H17N3O. The predicted octanol–water partition coefficient (Wildman–Crippen LogP) is 2.24. The average Bonchev–Trinajstić information content (AvgIpc) is 2.40. The van der Waals surface area contributed by atoms with Crippen LogP contribution < -0.4 is 5.73 Å². The molecule has 2 N–H and O–H groups in total. The quantitative estimate of drug-likeness (QED) is 0.856. The average molecular weight is 255 g/mol. The number of rotatable bonds is 3. The Morgan fingerprint density at radius 1 is 1.32 bits per heavy atom. The summed E-state index contributed by atoms with van der Waals surface area (Å²) in [4.78, 5) is 17.9. The van der Waals surface area contributed by atoms with Gasteiger partial charge in [0.05, 0.1) is 5.56 Å². The van der Waals surface area contributed by atoms with Crippen LogP contribution in [-0.4, -0.2) is 22.8 Å². The number of pyridine rings is 1. The van der Waals surface area contributed by atoms with Gasteiger partial charge in [0.25, 0.3) is 5.91 Å². The monoisotopic (exact) mass is 255 g/mol. The number of amides is 1. The molecule has 0 fully saturated rings. The molecule has 0 radical (unpaired) electrons. The summed E-state index contributed by atoms with van der Waals surface area (Å²) in [6.07, 6.45) is 3.31. The summed E-state index contributed by atoms with van der Waals surface area (Å²) < 4.78 is 0. The lowest BCUT2D eigenvalue weighted by molar-refractivity contribution is 0.0785. The SMILES string of the molecule is Cc1cncc(C(=O)N(C)Cc2ccccc2N)c1. The van der Waals surface area contributed by atoms with Crippen molar-refractivity contribution in [3.05, 3.63) is 59.4 Å². The van der Waals surface area contributed by atoms with E-state index in [1.165, 1.54) is 0 Å². The van der Waals surface area contributed by atoms with Gasteiger partial charge in [-0.1, -0.05) is 18.2 Å². The van der Waals surface area contributed by atoms with Gasteiger partial charge < -0.3 is 10.6 Å². The molecule has 0 atom stereocenters. The maximum absolute atomic E-state index is 12.3. The van der Waals surface area contributed by atoms with Gasteiger partial charge >= 0.3 is 0 Å². The molecule has 2 rings (SSSR count). The van der Waals surface area contributed by atoms with Crippen LogP contribution in [0.3, 0.4) is 0 Å². The van der Waals surface area contributed by atoms with Gasteiger partial charge in [-0.2, -0.15) is 0 Å². The molecule has 2 aromatic rings. The standard InChI is InChI=1S/C15H17N3O/c1-11-7-13(9-17-8-11)15(19)18(2)10-12-5-3-4-6-14(12)16/h3-9H,10,16H2,1-2H3. The first-order valence-corrected chi connectivity index (χ1v) is 6.08. The number of nitrogens with two attached hydrogens (primary N) is 1. The molecule has 0 spiro atoms. The van der Waals surface area contributed by atoms with Crippen molar-refractivity contribution in [2.24, 2.45) is 0 Å². The van der Waals surface area contributed by atoms with Gasteiger partial charge in [-0.15, -0.1) is 0 Å². The zero-order chi connectivity index (χ0) is 13.8. The molecule has 0 saturated carbocycles. The van der Waals surface area contributed by atoms with Crippen molar-refractivity contribution in [2.75, 3.05) is 12.8 Å². The summed E-state index contributed by atoms with van der Waals surface area (Å²) in [6, 6.07) is 9.39. The molecule has 1 aromatic heterocycles. The second-order valence-electron chi connectivity index (χ2n) is 4.61. The Labute approximate surface area is 112 Å². The molecule has 0 saturated heterocycles. The molecule has 0 bridgehead atoms. The molecule has 1 amide bonds. The van der Waals surface area contributed by atoms with E-state index >= 15 is 0 Å². The van der Waals surface area contributed by atoms with Gasteiger partial charge in [-0.05, 0) is 30.2 Å². The summed E-state index contributed by atoms with van der Waals surface area (Å²) in [5, 5.41) is 0. The van der Waals surface area contributed by atoms with E-state index in [4.69, 9.17) is 5.73 Å². The van der Waals surface area contributed by atoms with Crippen molar-refractivity contribution in [2.45, 2.75) is 13.5 Å². The Morgan fingerprint density at radius 2 is 2.05 bits per heavy atom. The third kappa shape index (κ3) is 3.10. The number of anilines is 1. The molecule has 19 heavy (non-hydrogen) atoms. The first-order valence-electron chi connectivity index (χ1n) is 6.08. The number of hydrogen-bond acceptors (Lipinski definition) is 3. The smallest absolute Gasteiger partial charge is 0.255 e. The highest BCUT2D eigenvalue weighted by Gasteiger charge is 2.13. The minimum atomic E-state index is -0.0561. The van der Waals surface area contributed by atoms with E-state index in [1.54, 1.807) is 24.3 Å². The van der Waals surface area contributed by atoms with Crippen LogP contribution in [0.15, 0.2) is 42.7 Å². The van der Waals surface area contributed by atoms with E-state index in [1.807, 2.05) is 37.3 Å². The van der Waals surface area contributed by atoms with E-state index in [-0.39, 0.29) is 5.91 Å². The normalized spacial score (nSPS) is 10.2. The maximum atomic E-state index is 12.3. The number of hydrogen-bond donors (Lipinski definition) is 1. The fraction of sp³-hybridized carbons (Fsp3) is 0.200. The Hall–Kier alpha value is -2.36. The number of carbonyl (C=O) groups is 1.